The van der Waals surface area contributed by atoms with Crippen LogP contribution in [-0.2, 0) is 16.9 Å². The second kappa shape index (κ2) is 5.51. The van der Waals surface area contributed by atoms with Crippen LogP contribution in [0.2, 0.25) is 5.02 Å². The van der Waals surface area contributed by atoms with Crippen LogP contribution in [0.1, 0.15) is 16.7 Å². The summed E-state index contributed by atoms with van der Waals surface area (Å²) in [6, 6.07) is 23.1. The molecule has 1 atom stereocenters. The van der Waals surface area contributed by atoms with Crippen molar-refractivity contribution < 1.29 is 4.79 Å². The quantitative estimate of drug-likeness (QED) is 0.618. The Balaban J connectivity index is 1.73. The highest BCUT2D eigenvalue weighted by atomic mass is 35.5. The highest BCUT2D eigenvalue weighted by Gasteiger charge is 2.57. The highest BCUT2D eigenvalue weighted by molar-refractivity contribution is 6.33. The normalized spacial score (nSPS) is 19.9. The van der Waals surface area contributed by atoms with Crippen molar-refractivity contribution in [1.82, 2.24) is 0 Å². The molecule has 3 aromatic carbocycles. The summed E-state index contributed by atoms with van der Waals surface area (Å²) in [7, 11) is 0. The van der Waals surface area contributed by atoms with Crippen molar-refractivity contribution in [2.45, 2.75) is 12.1 Å². The zero-order valence-corrected chi connectivity index (χ0v) is 14.5. The number of hydrogen-bond acceptors (Lipinski definition) is 3. The van der Waals surface area contributed by atoms with Crippen LogP contribution in [0.3, 0.4) is 0 Å². The fraction of sp³-hybridized carbons (Fsp3) is 0.0952. The van der Waals surface area contributed by atoms with Crippen molar-refractivity contribution in [1.29, 1.82) is 0 Å². The van der Waals surface area contributed by atoms with Gasteiger partial charge in [-0.2, -0.15) is 10.2 Å². The molecule has 1 amide bonds. The van der Waals surface area contributed by atoms with Gasteiger partial charge in [0.25, 0.3) is 5.91 Å². The Kier molecular flexibility index (Phi) is 3.24. The van der Waals surface area contributed by atoms with Crippen molar-refractivity contribution >= 4 is 28.9 Å². The Labute approximate surface area is 155 Å². The van der Waals surface area contributed by atoms with E-state index < -0.39 is 5.54 Å². The Morgan fingerprint density at radius 3 is 2.54 bits per heavy atom. The van der Waals surface area contributed by atoms with Crippen LogP contribution in [0.25, 0.3) is 0 Å². The molecule has 0 aromatic heterocycles. The lowest BCUT2D eigenvalue weighted by Crippen LogP contribution is -2.38. The third-order valence-electron chi connectivity index (χ3n) is 4.98. The number of amides is 1. The van der Waals surface area contributed by atoms with E-state index in [4.69, 9.17) is 11.6 Å². The number of hydrogen-bond donors (Lipinski definition) is 0. The van der Waals surface area contributed by atoms with E-state index in [1.807, 2.05) is 66.7 Å². The summed E-state index contributed by atoms with van der Waals surface area (Å²) < 4.78 is 0. The van der Waals surface area contributed by atoms with Gasteiger partial charge in [-0.1, -0.05) is 66.2 Å². The molecule has 0 radical (unpaired) electrons. The van der Waals surface area contributed by atoms with E-state index in [1.54, 1.807) is 11.0 Å². The number of rotatable bonds is 2. The molecule has 5 heteroatoms. The van der Waals surface area contributed by atoms with Crippen molar-refractivity contribution in [3.8, 4) is 0 Å². The topological polar surface area (TPSA) is 45.0 Å². The van der Waals surface area contributed by atoms with E-state index >= 15 is 0 Å². The first-order chi connectivity index (χ1) is 12.7. The Hall–Kier alpha value is -2.98. The van der Waals surface area contributed by atoms with Crippen LogP contribution < -0.4 is 4.90 Å². The monoisotopic (exact) mass is 359 g/mol. The molecule has 26 heavy (non-hydrogen) atoms. The molecule has 0 bridgehead atoms. The van der Waals surface area contributed by atoms with E-state index in [9.17, 15) is 4.79 Å². The summed E-state index contributed by atoms with van der Waals surface area (Å²) >= 11 is 6.56. The summed E-state index contributed by atoms with van der Waals surface area (Å²) in [6.45, 7) is 0.465. The van der Waals surface area contributed by atoms with Crippen LogP contribution in [0.4, 0.5) is 11.4 Å². The lowest BCUT2D eigenvalue weighted by Gasteiger charge is -2.21. The third-order valence-corrected chi connectivity index (χ3v) is 5.30. The van der Waals surface area contributed by atoms with Crippen LogP contribution >= 0.6 is 11.6 Å². The van der Waals surface area contributed by atoms with Gasteiger partial charge in [0.15, 0.2) is 0 Å². The maximum Gasteiger partial charge on any atom is 0.266 e. The fourth-order valence-electron chi connectivity index (χ4n) is 3.82. The van der Waals surface area contributed by atoms with Gasteiger partial charge >= 0.3 is 0 Å². The number of nitrogens with zero attached hydrogens (tertiary/aromatic N) is 3. The highest BCUT2D eigenvalue weighted by Crippen LogP contribution is 2.55. The zero-order chi connectivity index (χ0) is 17.7. The molecule has 2 aliphatic heterocycles. The molecular weight excluding hydrogens is 346 g/mol. The Bertz CT molecular complexity index is 1060. The van der Waals surface area contributed by atoms with Gasteiger partial charge in [-0.3, -0.25) is 4.79 Å². The number of halogens is 1. The number of fused-ring (bicyclic) bond motifs is 4. The Morgan fingerprint density at radius 2 is 1.69 bits per heavy atom. The fourth-order valence-corrected chi connectivity index (χ4v) is 4.13. The molecule has 4 nitrogen and oxygen atoms in total. The van der Waals surface area contributed by atoms with E-state index in [1.165, 1.54) is 0 Å². The minimum Gasteiger partial charge on any atom is -0.305 e. The predicted molar refractivity (Wildman–Crippen MR) is 101 cm³/mol. The first kappa shape index (κ1) is 15.3. The van der Waals surface area contributed by atoms with Crippen LogP contribution in [0.5, 0.6) is 0 Å². The third kappa shape index (κ3) is 1.93. The predicted octanol–water partition coefficient (Wildman–Crippen LogP) is 5.23. The number of carbonyl (C=O) groups is 1. The molecule has 1 unspecified atom stereocenters. The minimum atomic E-state index is -1.18. The maximum atomic E-state index is 13.6. The molecule has 1 spiro atoms. The number of benzene rings is 3. The smallest absolute Gasteiger partial charge is 0.266 e. The lowest BCUT2D eigenvalue weighted by molar-refractivity contribution is -0.121. The van der Waals surface area contributed by atoms with E-state index in [0.29, 0.717) is 17.3 Å². The van der Waals surface area contributed by atoms with E-state index in [2.05, 4.69) is 10.2 Å². The SMILES string of the molecule is O=C1N(Cc2ccccc2)c2cccc(Cl)c2C12N=Nc1ccccc12. The summed E-state index contributed by atoms with van der Waals surface area (Å²) in [5.41, 5.74) is 2.88. The largest absolute Gasteiger partial charge is 0.305 e. The van der Waals surface area contributed by atoms with Gasteiger partial charge < -0.3 is 4.90 Å². The molecule has 126 valence electrons. The first-order valence-electron chi connectivity index (χ1n) is 8.39. The average Bonchev–Trinajstić information content (AvgIpc) is 3.17. The van der Waals surface area contributed by atoms with E-state index in [0.717, 1.165) is 22.4 Å². The van der Waals surface area contributed by atoms with Gasteiger partial charge in [0.1, 0.15) is 0 Å². The summed E-state index contributed by atoms with van der Waals surface area (Å²) in [5.74, 6) is -0.113. The van der Waals surface area contributed by atoms with Crippen LogP contribution in [0.15, 0.2) is 83.0 Å². The van der Waals surface area contributed by atoms with Crippen LogP contribution in [0, 0.1) is 0 Å². The molecule has 5 rings (SSSR count). The maximum absolute atomic E-state index is 13.6. The summed E-state index contributed by atoms with van der Waals surface area (Å²) in [6.07, 6.45) is 0. The molecule has 0 aliphatic carbocycles. The van der Waals surface area contributed by atoms with Crippen molar-refractivity contribution in [2.24, 2.45) is 10.2 Å². The molecule has 0 saturated heterocycles. The molecule has 0 saturated carbocycles. The second-order valence-corrected chi connectivity index (χ2v) is 6.85. The molecule has 0 fully saturated rings. The summed E-state index contributed by atoms with van der Waals surface area (Å²) in [5, 5.41) is 9.27. The lowest BCUT2D eigenvalue weighted by atomic mass is 9.84. The van der Waals surface area contributed by atoms with Crippen molar-refractivity contribution in [3.63, 3.8) is 0 Å². The second-order valence-electron chi connectivity index (χ2n) is 6.44. The molecule has 2 heterocycles. The summed E-state index contributed by atoms with van der Waals surface area (Å²) in [4.78, 5) is 15.4. The zero-order valence-electron chi connectivity index (χ0n) is 13.8. The number of anilines is 1. The van der Waals surface area contributed by atoms with E-state index in [-0.39, 0.29) is 5.91 Å². The van der Waals surface area contributed by atoms with Gasteiger partial charge in [-0.05, 0) is 23.8 Å². The van der Waals surface area contributed by atoms with Gasteiger partial charge in [0, 0.05) is 16.1 Å². The minimum absolute atomic E-state index is 0.113. The standard InChI is InChI=1S/C21H14ClN3O/c22-16-10-6-12-18-19(16)21(15-9-4-5-11-17(15)23-24-21)20(26)25(18)13-14-7-2-1-3-8-14/h1-12H,13H2. The molecule has 3 aromatic rings. The van der Waals surface area contributed by atoms with Gasteiger partial charge in [-0.15, -0.1) is 0 Å². The number of azo groups is 1. The Morgan fingerprint density at radius 1 is 0.923 bits per heavy atom. The molecule has 0 N–H and O–H groups in total. The van der Waals surface area contributed by atoms with Gasteiger partial charge in [-0.25, -0.2) is 0 Å². The number of carbonyl (C=O) groups excluding carboxylic acids is 1. The average molecular weight is 360 g/mol. The van der Waals surface area contributed by atoms with Crippen LogP contribution in [-0.4, -0.2) is 5.91 Å². The van der Waals surface area contributed by atoms with Crippen molar-refractivity contribution in [3.05, 3.63) is 94.5 Å². The molecular formula is C21H14ClN3O. The first-order valence-corrected chi connectivity index (χ1v) is 8.77. The van der Waals surface area contributed by atoms with Gasteiger partial charge in [0.05, 0.1) is 17.9 Å². The van der Waals surface area contributed by atoms with Crippen molar-refractivity contribution in [2.75, 3.05) is 4.90 Å². The molecule has 2 aliphatic rings. The van der Waals surface area contributed by atoms with Gasteiger partial charge in [0.2, 0.25) is 5.54 Å².